The fourth-order valence-electron chi connectivity index (χ4n) is 1.49. The summed E-state index contributed by atoms with van der Waals surface area (Å²) in [4.78, 5) is 7.91. The maximum Gasteiger partial charge on any atom is 0.129 e. The lowest BCUT2D eigenvalue weighted by Gasteiger charge is -2.18. The van der Waals surface area contributed by atoms with Crippen molar-refractivity contribution < 1.29 is 0 Å². The van der Waals surface area contributed by atoms with E-state index in [1.54, 1.807) is 11.3 Å². The molecule has 0 radical (unpaired) electrons. The zero-order chi connectivity index (χ0) is 11.5. The Bertz CT molecular complexity index is 465. The number of pyridine rings is 1. The lowest BCUT2D eigenvalue weighted by molar-refractivity contribution is 0.907. The zero-order valence-electron chi connectivity index (χ0n) is 9.47. The molecule has 3 nitrogen and oxygen atoms in total. The third kappa shape index (κ3) is 2.33. The number of anilines is 2. The molecule has 0 atom stereocenters. The number of rotatable bonds is 3. The van der Waals surface area contributed by atoms with Gasteiger partial charge in [-0.3, -0.25) is 0 Å². The van der Waals surface area contributed by atoms with E-state index in [9.17, 15) is 0 Å². The number of nitrogen functional groups attached to an aromatic ring is 1. The first-order valence-corrected chi connectivity index (χ1v) is 6.01. The molecule has 0 saturated heterocycles. The first-order chi connectivity index (χ1) is 7.66. The molecule has 0 aliphatic heterocycles. The van der Waals surface area contributed by atoms with Crippen molar-refractivity contribution >= 4 is 22.8 Å². The first-order valence-electron chi connectivity index (χ1n) is 5.13. The van der Waals surface area contributed by atoms with Gasteiger partial charge in [-0.15, -0.1) is 11.3 Å². The maximum absolute atomic E-state index is 5.75. The number of aromatic nitrogens is 1. The van der Waals surface area contributed by atoms with Crippen molar-refractivity contribution in [3.05, 3.63) is 40.2 Å². The second-order valence-electron chi connectivity index (χ2n) is 3.78. The largest absolute Gasteiger partial charge is 0.397 e. The van der Waals surface area contributed by atoms with E-state index < -0.39 is 0 Å². The molecule has 0 saturated carbocycles. The van der Waals surface area contributed by atoms with Crippen LogP contribution in [0.3, 0.4) is 0 Å². The van der Waals surface area contributed by atoms with Crippen LogP contribution in [0, 0.1) is 6.92 Å². The molecule has 16 heavy (non-hydrogen) atoms. The Morgan fingerprint density at radius 2 is 2.19 bits per heavy atom. The van der Waals surface area contributed by atoms with E-state index in [2.05, 4.69) is 27.4 Å². The molecule has 2 rings (SSSR count). The molecule has 0 amide bonds. The van der Waals surface area contributed by atoms with Crippen molar-refractivity contribution in [3.8, 4) is 0 Å². The molecule has 0 aromatic carbocycles. The van der Waals surface area contributed by atoms with Crippen LogP contribution in [0.4, 0.5) is 11.5 Å². The number of hydrogen-bond donors (Lipinski definition) is 1. The molecule has 0 aliphatic carbocycles. The SMILES string of the molecule is Cc1nc(N(C)Cc2cccs2)ccc1N. The summed E-state index contributed by atoms with van der Waals surface area (Å²) in [5.41, 5.74) is 7.37. The van der Waals surface area contributed by atoms with Crippen molar-refractivity contribution in [3.63, 3.8) is 0 Å². The van der Waals surface area contributed by atoms with E-state index in [1.165, 1.54) is 4.88 Å². The van der Waals surface area contributed by atoms with E-state index in [4.69, 9.17) is 5.73 Å². The van der Waals surface area contributed by atoms with Crippen LogP contribution in [0.15, 0.2) is 29.6 Å². The minimum Gasteiger partial charge on any atom is -0.397 e. The smallest absolute Gasteiger partial charge is 0.129 e. The van der Waals surface area contributed by atoms with E-state index >= 15 is 0 Å². The Balaban J connectivity index is 2.14. The van der Waals surface area contributed by atoms with Crippen molar-refractivity contribution in [2.24, 2.45) is 0 Å². The second-order valence-corrected chi connectivity index (χ2v) is 4.81. The Morgan fingerprint density at radius 3 is 2.81 bits per heavy atom. The second kappa shape index (κ2) is 4.53. The van der Waals surface area contributed by atoms with Gasteiger partial charge in [0.2, 0.25) is 0 Å². The summed E-state index contributed by atoms with van der Waals surface area (Å²) in [6.07, 6.45) is 0. The number of nitrogens with two attached hydrogens (primary N) is 1. The lowest BCUT2D eigenvalue weighted by Crippen LogP contribution is -2.17. The Labute approximate surface area is 99.5 Å². The fourth-order valence-corrected chi connectivity index (χ4v) is 2.25. The van der Waals surface area contributed by atoms with Gasteiger partial charge in [0.25, 0.3) is 0 Å². The van der Waals surface area contributed by atoms with Gasteiger partial charge in [0.1, 0.15) is 5.82 Å². The van der Waals surface area contributed by atoms with Gasteiger partial charge >= 0.3 is 0 Å². The first kappa shape index (κ1) is 11.0. The summed E-state index contributed by atoms with van der Waals surface area (Å²) < 4.78 is 0. The average Bonchev–Trinajstić information content (AvgIpc) is 2.74. The molecule has 0 bridgehead atoms. The van der Waals surface area contributed by atoms with Gasteiger partial charge in [0.05, 0.1) is 17.9 Å². The predicted octanol–water partition coefficient (Wildman–Crippen LogP) is 2.67. The molecule has 84 valence electrons. The number of nitrogens with zero attached hydrogens (tertiary/aromatic N) is 2. The van der Waals surface area contributed by atoms with E-state index in [-0.39, 0.29) is 0 Å². The monoisotopic (exact) mass is 233 g/mol. The van der Waals surface area contributed by atoms with Gasteiger partial charge in [0, 0.05) is 11.9 Å². The lowest BCUT2D eigenvalue weighted by atomic mass is 10.3. The van der Waals surface area contributed by atoms with Gasteiger partial charge in [-0.1, -0.05) is 6.07 Å². The van der Waals surface area contributed by atoms with Crippen molar-refractivity contribution in [2.75, 3.05) is 17.7 Å². The molecule has 0 aliphatic rings. The summed E-state index contributed by atoms with van der Waals surface area (Å²) in [5.74, 6) is 0.958. The van der Waals surface area contributed by atoms with Crippen LogP contribution in [0.1, 0.15) is 10.6 Å². The van der Waals surface area contributed by atoms with Gasteiger partial charge in [-0.25, -0.2) is 4.98 Å². The Kier molecular flexibility index (Phi) is 3.10. The van der Waals surface area contributed by atoms with Crippen LogP contribution >= 0.6 is 11.3 Å². The summed E-state index contributed by atoms with van der Waals surface area (Å²) in [6, 6.07) is 8.05. The van der Waals surface area contributed by atoms with E-state index in [0.717, 1.165) is 23.7 Å². The van der Waals surface area contributed by atoms with Crippen LogP contribution in [0.25, 0.3) is 0 Å². The zero-order valence-corrected chi connectivity index (χ0v) is 10.3. The number of aryl methyl sites for hydroxylation is 1. The molecule has 0 fully saturated rings. The molecule has 0 spiro atoms. The van der Waals surface area contributed by atoms with Crippen LogP contribution < -0.4 is 10.6 Å². The predicted molar refractivity (Wildman–Crippen MR) is 69.8 cm³/mol. The van der Waals surface area contributed by atoms with Gasteiger partial charge < -0.3 is 10.6 Å². The summed E-state index contributed by atoms with van der Waals surface area (Å²) in [6.45, 7) is 2.81. The minimum absolute atomic E-state index is 0.744. The maximum atomic E-state index is 5.75. The van der Waals surface area contributed by atoms with Crippen molar-refractivity contribution in [2.45, 2.75) is 13.5 Å². The number of thiophene rings is 1. The quantitative estimate of drug-likeness (QED) is 0.886. The fraction of sp³-hybridized carbons (Fsp3) is 0.250. The van der Waals surface area contributed by atoms with Crippen LogP contribution in [-0.4, -0.2) is 12.0 Å². The Morgan fingerprint density at radius 1 is 1.38 bits per heavy atom. The molecule has 2 aromatic heterocycles. The highest BCUT2D eigenvalue weighted by Crippen LogP contribution is 2.18. The highest BCUT2D eigenvalue weighted by molar-refractivity contribution is 7.09. The number of hydrogen-bond acceptors (Lipinski definition) is 4. The topological polar surface area (TPSA) is 42.2 Å². The van der Waals surface area contributed by atoms with Crippen LogP contribution in [0.2, 0.25) is 0 Å². The highest BCUT2D eigenvalue weighted by atomic mass is 32.1. The van der Waals surface area contributed by atoms with Gasteiger partial charge in [0.15, 0.2) is 0 Å². The normalized spacial score (nSPS) is 10.4. The van der Waals surface area contributed by atoms with Crippen molar-refractivity contribution in [1.82, 2.24) is 4.98 Å². The highest BCUT2D eigenvalue weighted by Gasteiger charge is 2.05. The van der Waals surface area contributed by atoms with Gasteiger partial charge in [-0.2, -0.15) is 0 Å². The molecule has 2 heterocycles. The molecule has 2 N–H and O–H groups in total. The summed E-state index contributed by atoms with van der Waals surface area (Å²) in [5, 5.41) is 2.09. The molecular weight excluding hydrogens is 218 g/mol. The van der Waals surface area contributed by atoms with Crippen molar-refractivity contribution in [1.29, 1.82) is 0 Å². The van der Waals surface area contributed by atoms with E-state index in [0.29, 0.717) is 0 Å². The third-order valence-corrected chi connectivity index (χ3v) is 3.34. The molecule has 0 unspecified atom stereocenters. The molecule has 4 heteroatoms. The summed E-state index contributed by atoms with van der Waals surface area (Å²) >= 11 is 1.76. The van der Waals surface area contributed by atoms with E-state index in [1.807, 2.05) is 26.1 Å². The van der Waals surface area contributed by atoms with Crippen LogP contribution in [-0.2, 0) is 6.54 Å². The van der Waals surface area contributed by atoms with Crippen LogP contribution in [0.5, 0.6) is 0 Å². The average molecular weight is 233 g/mol. The molecule has 2 aromatic rings. The standard InChI is InChI=1S/C12H15N3S/c1-9-11(13)5-6-12(14-9)15(2)8-10-4-3-7-16-10/h3-7H,8,13H2,1-2H3. The minimum atomic E-state index is 0.744. The molecular formula is C12H15N3S. The summed E-state index contributed by atoms with van der Waals surface area (Å²) in [7, 11) is 2.04. The Hall–Kier alpha value is -1.55. The van der Waals surface area contributed by atoms with Gasteiger partial charge in [-0.05, 0) is 30.5 Å². The third-order valence-electron chi connectivity index (χ3n) is 2.48.